The molecule has 0 bridgehead atoms. The first-order chi connectivity index (χ1) is 13.7. The second kappa shape index (κ2) is 8.13. The molecular weight excluding hydrogens is 387 g/mol. The number of halogens is 3. The molecule has 0 aliphatic rings. The molecule has 0 fully saturated rings. The van der Waals surface area contributed by atoms with Crippen molar-refractivity contribution in [1.82, 2.24) is 20.3 Å². The Morgan fingerprint density at radius 1 is 1.14 bits per heavy atom. The summed E-state index contributed by atoms with van der Waals surface area (Å²) in [6.07, 6.45) is -2.89. The van der Waals surface area contributed by atoms with Crippen LogP contribution in [0.2, 0.25) is 0 Å². The Balaban J connectivity index is 1.74. The number of carbonyl (C=O) groups is 1. The molecule has 1 amide bonds. The standard InChI is InChI=1S/C19H16F3N5O2/c1-11(12-5-7-13(8-6-12)19(20,21)22)24-17(29)14-10-16(28)27-18(25-14)26-15-4-2-3-9-23-15/h2-11H,1H3,(H,24,29)(H2,23,25,26,27,28)/t11-/m1/s1. The van der Waals surface area contributed by atoms with Gasteiger partial charge in [0.05, 0.1) is 11.6 Å². The highest BCUT2D eigenvalue weighted by molar-refractivity contribution is 5.92. The van der Waals surface area contributed by atoms with Gasteiger partial charge in [-0.05, 0) is 36.8 Å². The van der Waals surface area contributed by atoms with Crippen LogP contribution in [0.3, 0.4) is 0 Å². The first-order valence-electron chi connectivity index (χ1n) is 8.50. The number of carbonyl (C=O) groups excluding carboxylic acids is 1. The van der Waals surface area contributed by atoms with Gasteiger partial charge in [0.1, 0.15) is 11.5 Å². The quantitative estimate of drug-likeness (QED) is 0.606. The van der Waals surface area contributed by atoms with Crippen molar-refractivity contribution in [3.63, 3.8) is 0 Å². The Hall–Kier alpha value is -3.69. The SMILES string of the molecule is C[C@@H](NC(=O)c1cc(=O)[nH]c(Nc2ccccn2)n1)c1ccc(C(F)(F)F)cc1. The maximum Gasteiger partial charge on any atom is 0.416 e. The molecule has 0 radical (unpaired) electrons. The van der Waals surface area contributed by atoms with Gasteiger partial charge in [0, 0.05) is 12.3 Å². The lowest BCUT2D eigenvalue weighted by Crippen LogP contribution is -2.29. The van der Waals surface area contributed by atoms with Crippen LogP contribution in [0.4, 0.5) is 24.9 Å². The second-order valence-electron chi connectivity index (χ2n) is 6.13. The lowest BCUT2D eigenvalue weighted by Gasteiger charge is -2.15. The summed E-state index contributed by atoms with van der Waals surface area (Å²) < 4.78 is 38.0. The van der Waals surface area contributed by atoms with Gasteiger partial charge in [0.2, 0.25) is 5.95 Å². The number of amides is 1. The Morgan fingerprint density at radius 2 is 1.86 bits per heavy atom. The average molecular weight is 403 g/mol. The predicted molar refractivity (Wildman–Crippen MR) is 99.7 cm³/mol. The second-order valence-corrected chi connectivity index (χ2v) is 6.13. The monoisotopic (exact) mass is 403 g/mol. The summed E-state index contributed by atoms with van der Waals surface area (Å²) in [5.41, 5.74) is -0.999. The number of aromatic nitrogens is 3. The number of nitrogens with zero attached hydrogens (tertiary/aromatic N) is 2. The molecular formula is C19H16F3N5O2. The van der Waals surface area contributed by atoms with Crippen LogP contribution in [0.5, 0.6) is 0 Å². The fourth-order valence-corrected chi connectivity index (χ4v) is 2.51. The van der Waals surface area contributed by atoms with Crippen LogP contribution < -0.4 is 16.2 Å². The van der Waals surface area contributed by atoms with Crippen molar-refractivity contribution in [2.24, 2.45) is 0 Å². The minimum Gasteiger partial charge on any atom is -0.344 e. The van der Waals surface area contributed by atoms with Crippen LogP contribution in [0, 0.1) is 0 Å². The summed E-state index contributed by atoms with van der Waals surface area (Å²) in [4.78, 5) is 34.9. The Labute approximate surface area is 163 Å². The molecule has 0 spiro atoms. The molecule has 1 aromatic carbocycles. The number of anilines is 2. The van der Waals surface area contributed by atoms with E-state index in [4.69, 9.17) is 0 Å². The van der Waals surface area contributed by atoms with Crippen LogP contribution in [-0.4, -0.2) is 20.9 Å². The van der Waals surface area contributed by atoms with E-state index >= 15 is 0 Å². The van der Waals surface area contributed by atoms with Crippen molar-refractivity contribution < 1.29 is 18.0 Å². The number of hydrogen-bond donors (Lipinski definition) is 3. The Morgan fingerprint density at radius 3 is 2.48 bits per heavy atom. The van der Waals surface area contributed by atoms with Crippen molar-refractivity contribution in [2.45, 2.75) is 19.1 Å². The van der Waals surface area contributed by atoms with Crippen molar-refractivity contribution >= 4 is 17.7 Å². The zero-order chi connectivity index (χ0) is 21.0. The smallest absolute Gasteiger partial charge is 0.344 e. The van der Waals surface area contributed by atoms with Crippen LogP contribution in [0.15, 0.2) is 59.5 Å². The Kier molecular flexibility index (Phi) is 5.62. The number of H-pyrrole nitrogens is 1. The topological polar surface area (TPSA) is 99.8 Å². The summed E-state index contributed by atoms with van der Waals surface area (Å²) in [6, 6.07) is 9.98. The van der Waals surface area contributed by atoms with Gasteiger partial charge in [-0.3, -0.25) is 14.6 Å². The van der Waals surface area contributed by atoms with Crippen LogP contribution >= 0.6 is 0 Å². The van der Waals surface area contributed by atoms with Gasteiger partial charge in [-0.25, -0.2) is 9.97 Å². The predicted octanol–water partition coefficient (Wildman–Crippen LogP) is 3.42. The number of aromatic amines is 1. The van der Waals surface area contributed by atoms with Gasteiger partial charge in [0.25, 0.3) is 11.5 Å². The largest absolute Gasteiger partial charge is 0.416 e. The van der Waals surface area contributed by atoms with E-state index in [9.17, 15) is 22.8 Å². The number of nitrogens with one attached hydrogen (secondary N) is 3. The van der Waals surface area contributed by atoms with E-state index in [-0.39, 0.29) is 11.6 Å². The summed E-state index contributed by atoms with van der Waals surface area (Å²) in [5, 5.41) is 5.39. The van der Waals surface area contributed by atoms with E-state index in [1.165, 1.54) is 12.1 Å². The third-order valence-electron chi connectivity index (χ3n) is 3.97. The van der Waals surface area contributed by atoms with Crippen molar-refractivity contribution in [1.29, 1.82) is 0 Å². The molecule has 3 aromatic rings. The Bertz CT molecular complexity index is 1050. The van der Waals surface area contributed by atoms with Crippen LogP contribution in [-0.2, 0) is 6.18 Å². The van der Waals surface area contributed by atoms with Gasteiger partial charge in [-0.2, -0.15) is 13.2 Å². The molecule has 0 aliphatic carbocycles. The normalized spacial score (nSPS) is 12.3. The molecule has 0 unspecified atom stereocenters. The molecule has 3 rings (SSSR count). The lowest BCUT2D eigenvalue weighted by atomic mass is 10.1. The van der Waals surface area contributed by atoms with Gasteiger partial charge in [-0.15, -0.1) is 0 Å². The van der Waals surface area contributed by atoms with E-state index in [1.54, 1.807) is 31.3 Å². The molecule has 0 saturated heterocycles. The number of alkyl halides is 3. The van der Waals surface area contributed by atoms with Crippen molar-refractivity contribution in [3.05, 3.63) is 81.9 Å². The van der Waals surface area contributed by atoms with E-state index < -0.39 is 29.2 Å². The molecule has 7 nitrogen and oxygen atoms in total. The maximum absolute atomic E-state index is 12.7. The fourth-order valence-electron chi connectivity index (χ4n) is 2.51. The minimum atomic E-state index is -4.43. The third-order valence-corrected chi connectivity index (χ3v) is 3.97. The van der Waals surface area contributed by atoms with E-state index in [0.717, 1.165) is 18.2 Å². The summed E-state index contributed by atoms with van der Waals surface area (Å²) in [5.74, 6) is -0.192. The summed E-state index contributed by atoms with van der Waals surface area (Å²) in [7, 11) is 0. The molecule has 10 heteroatoms. The van der Waals surface area contributed by atoms with Gasteiger partial charge in [0.15, 0.2) is 0 Å². The van der Waals surface area contributed by atoms with Crippen molar-refractivity contribution in [3.8, 4) is 0 Å². The highest BCUT2D eigenvalue weighted by atomic mass is 19.4. The van der Waals surface area contributed by atoms with Gasteiger partial charge < -0.3 is 10.6 Å². The van der Waals surface area contributed by atoms with Gasteiger partial charge in [-0.1, -0.05) is 18.2 Å². The maximum atomic E-state index is 12.7. The molecule has 0 saturated carbocycles. The fraction of sp³-hybridized carbons (Fsp3) is 0.158. The molecule has 1 atom stereocenters. The molecule has 29 heavy (non-hydrogen) atoms. The first-order valence-corrected chi connectivity index (χ1v) is 8.50. The van der Waals surface area contributed by atoms with Crippen LogP contribution in [0.1, 0.15) is 34.6 Å². The highest BCUT2D eigenvalue weighted by Gasteiger charge is 2.30. The molecule has 2 aromatic heterocycles. The van der Waals surface area contributed by atoms with Gasteiger partial charge >= 0.3 is 6.18 Å². The summed E-state index contributed by atoms with van der Waals surface area (Å²) in [6.45, 7) is 1.61. The van der Waals surface area contributed by atoms with Crippen LogP contribution in [0.25, 0.3) is 0 Å². The zero-order valence-corrected chi connectivity index (χ0v) is 15.1. The number of hydrogen-bond acceptors (Lipinski definition) is 5. The van der Waals surface area contributed by atoms with E-state index in [2.05, 4.69) is 25.6 Å². The molecule has 3 N–H and O–H groups in total. The number of rotatable bonds is 5. The molecule has 2 heterocycles. The minimum absolute atomic E-state index is 0.0310. The number of benzene rings is 1. The molecule has 150 valence electrons. The average Bonchev–Trinajstić information content (AvgIpc) is 2.67. The zero-order valence-electron chi connectivity index (χ0n) is 15.1. The summed E-state index contributed by atoms with van der Waals surface area (Å²) >= 11 is 0. The lowest BCUT2D eigenvalue weighted by molar-refractivity contribution is -0.137. The third kappa shape index (κ3) is 5.18. The highest BCUT2D eigenvalue weighted by Crippen LogP contribution is 2.29. The van der Waals surface area contributed by atoms with Crippen molar-refractivity contribution in [2.75, 3.05) is 5.32 Å². The van der Waals surface area contributed by atoms with E-state index in [1.807, 2.05) is 0 Å². The first kappa shape index (κ1) is 20.1. The number of pyridine rings is 1. The van der Waals surface area contributed by atoms with E-state index in [0.29, 0.717) is 11.4 Å². The molecule has 0 aliphatic heterocycles.